The van der Waals surface area contributed by atoms with Crippen LogP contribution in [0.2, 0.25) is 0 Å². The Labute approximate surface area is 84.7 Å². The molecule has 0 spiro atoms. The molecule has 1 aromatic rings. The molecule has 0 amide bonds. The van der Waals surface area contributed by atoms with Crippen molar-refractivity contribution in [3.8, 4) is 0 Å². The second kappa shape index (κ2) is 4.11. The van der Waals surface area contributed by atoms with Crippen LogP contribution in [0.5, 0.6) is 0 Å². The number of halogens is 1. The number of carbonyl (C=O) groups is 2. The molecular weight excluding hydrogens is 208 g/mol. The minimum atomic E-state index is -1.11. The highest BCUT2D eigenvalue weighted by Crippen LogP contribution is 2.14. The molecule has 0 aromatic heterocycles. The first-order chi connectivity index (χ1) is 6.56. The molecule has 0 bridgehead atoms. The van der Waals surface area contributed by atoms with Crippen molar-refractivity contribution in [2.75, 3.05) is 0 Å². The van der Waals surface area contributed by atoms with E-state index in [0.29, 0.717) is 5.56 Å². The normalized spacial score (nSPS) is 9.79. The predicted octanol–water partition coefficient (Wildman–Crippen LogP) is 1.82. The molecule has 0 saturated heterocycles. The number of alkyl halides is 1. The molecule has 0 saturated carbocycles. The van der Waals surface area contributed by atoms with Gasteiger partial charge in [0.2, 0.25) is 0 Å². The Kier molecular flexibility index (Phi) is 3.09. The molecule has 0 radical (unpaired) electrons. The lowest BCUT2D eigenvalue weighted by molar-refractivity contribution is 0.0680. The smallest absolute Gasteiger partial charge is 0.336 e. The van der Waals surface area contributed by atoms with Crippen LogP contribution in [0.1, 0.15) is 26.3 Å². The molecule has 5 heteroatoms. The number of rotatable bonds is 3. The maximum atomic E-state index is 10.7. The summed E-state index contributed by atoms with van der Waals surface area (Å²) in [6.45, 7) is 0. The van der Waals surface area contributed by atoms with E-state index in [0.717, 1.165) is 0 Å². The first-order valence-electron chi connectivity index (χ1n) is 3.71. The molecule has 2 N–H and O–H groups in total. The van der Waals surface area contributed by atoms with Gasteiger partial charge >= 0.3 is 11.9 Å². The summed E-state index contributed by atoms with van der Waals surface area (Å²) in [5, 5.41) is 17.4. The summed E-state index contributed by atoms with van der Waals surface area (Å²) in [6.07, 6.45) is 0. The number of carboxylic acid groups (broad SMARTS) is 2. The fraction of sp³-hybridized carbons (Fsp3) is 0.111. The van der Waals surface area contributed by atoms with Gasteiger partial charge in [-0.2, -0.15) is 0 Å². The highest BCUT2D eigenvalue weighted by molar-refractivity contribution is 6.17. The van der Waals surface area contributed by atoms with Crippen LogP contribution in [0.15, 0.2) is 18.2 Å². The number of benzene rings is 1. The van der Waals surface area contributed by atoms with Gasteiger partial charge < -0.3 is 10.2 Å². The standard InChI is InChI=1S/C9H7ClO4/c10-4-6-3-5(8(11)12)1-2-7(6)9(13)14/h1-3H,4H2,(H,11,12)(H,13,14). The van der Waals surface area contributed by atoms with Gasteiger partial charge in [0.25, 0.3) is 0 Å². The Balaban J connectivity index is 3.25. The van der Waals surface area contributed by atoms with Crippen LogP contribution >= 0.6 is 11.6 Å². The summed E-state index contributed by atoms with van der Waals surface area (Å²) < 4.78 is 0. The fourth-order valence-electron chi connectivity index (χ4n) is 1.05. The van der Waals surface area contributed by atoms with Gasteiger partial charge in [-0.3, -0.25) is 0 Å². The highest BCUT2D eigenvalue weighted by Gasteiger charge is 2.12. The first kappa shape index (κ1) is 10.5. The fourth-order valence-corrected chi connectivity index (χ4v) is 1.27. The minimum Gasteiger partial charge on any atom is -0.478 e. The SMILES string of the molecule is O=C(O)c1ccc(C(=O)O)c(CCl)c1. The van der Waals surface area contributed by atoms with Gasteiger partial charge in [-0.1, -0.05) is 0 Å². The third-order valence-electron chi connectivity index (χ3n) is 1.73. The van der Waals surface area contributed by atoms with Crippen molar-refractivity contribution in [1.82, 2.24) is 0 Å². The van der Waals surface area contributed by atoms with Crippen molar-refractivity contribution < 1.29 is 19.8 Å². The largest absolute Gasteiger partial charge is 0.478 e. The summed E-state index contributed by atoms with van der Waals surface area (Å²) in [5.41, 5.74) is 0.370. The Hall–Kier alpha value is -1.55. The second-order valence-electron chi connectivity index (χ2n) is 2.62. The lowest BCUT2D eigenvalue weighted by Crippen LogP contribution is -2.04. The maximum absolute atomic E-state index is 10.7. The van der Waals surface area contributed by atoms with E-state index in [9.17, 15) is 9.59 Å². The minimum absolute atomic E-state index is 0.0250. The summed E-state index contributed by atoms with van der Waals surface area (Å²) >= 11 is 5.50. The van der Waals surface area contributed by atoms with Gasteiger partial charge in [0.1, 0.15) is 0 Å². The van der Waals surface area contributed by atoms with Crippen molar-refractivity contribution in [3.05, 3.63) is 34.9 Å². The average molecular weight is 215 g/mol. The summed E-state index contributed by atoms with van der Waals surface area (Å²) in [4.78, 5) is 21.2. The van der Waals surface area contributed by atoms with Crippen molar-refractivity contribution >= 4 is 23.5 Å². The second-order valence-corrected chi connectivity index (χ2v) is 2.88. The van der Waals surface area contributed by atoms with Crippen LogP contribution in [-0.4, -0.2) is 22.2 Å². The summed E-state index contributed by atoms with van der Waals surface area (Å²) in [5.74, 6) is -2.24. The van der Waals surface area contributed by atoms with E-state index >= 15 is 0 Å². The Morgan fingerprint density at radius 2 is 1.86 bits per heavy atom. The van der Waals surface area contributed by atoms with E-state index in [1.165, 1.54) is 18.2 Å². The molecule has 0 aliphatic rings. The van der Waals surface area contributed by atoms with Crippen molar-refractivity contribution in [2.24, 2.45) is 0 Å². The Morgan fingerprint density at radius 1 is 1.21 bits per heavy atom. The number of carboxylic acids is 2. The molecule has 1 aromatic carbocycles. The molecule has 0 heterocycles. The molecule has 14 heavy (non-hydrogen) atoms. The molecule has 1 rings (SSSR count). The van der Waals surface area contributed by atoms with E-state index in [1.807, 2.05) is 0 Å². The van der Waals surface area contributed by atoms with Gasteiger partial charge in [0, 0.05) is 5.88 Å². The highest BCUT2D eigenvalue weighted by atomic mass is 35.5. The molecule has 0 atom stereocenters. The van der Waals surface area contributed by atoms with Crippen LogP contribution in [0, 0.1) is 0 Å². The van der Waals surface area contributed by atoms with Gasteiger partial charge in [-0.15, -0.1) is 11.6 Å². The van der Waals surface area contributed by atoms with E-state index in [-0.39, 0.29) is 17.0 Å². The van der Waals surface area contributed by atoms with Gasteiger partial charge in [-0.05, 0) is 23.8 Å². The number of hydrogen-bond acceptors (Lipinski definition) is 2. The lowest BCUT2D eigenvalue weighted by Gasteiger charge is -2.03. The monoisotopic (exact) mass is 214 g/mol. The van der Waals surface area contributed by atoms with Crippen molar-refractivity contribution in [2.45, 2.75) is 5.88 Å². The summed E-state index contributed by atoms with van der Waals surface area (Å²) in [7, 11) is 0. The van der Waals surface area contributed by atoms with Crippen molar-refractivity contribution in [3.63, 3.8) is 0 Å². The van der Waals surface area contributed by atoms with Gasteiger partial charge in [0.05, 0.1) is 11.1 Å². The van der Waals surface area contributed by atoms with Crippen LogP contribution in [0.25, 0.3) is 0 Å². The zero-order chi connectivity index (χ0) is 10.7. The third kappa shape index (κ3) is 2.03. The Bertz CT molecular complexity index is 386. The lowest BCUT2D eigenvalue weighted by atomic mass is 10.1. The molecule has 0 aliphatic heterocycles. The number of aromatic carboxylic acids is 2. The van der Waals surface area contributed by atoms with Gasteiger partial charge in [0.15, 0.2) is 0 Å². The molecule has 0 unspecified atom stereocenters. The quantitative estimate of drug-likeness (QED) is 0.753. The maximum Gasteiger partial charge on any atom is 0.336 e. The van der Waals surface area contributed by atoms with E-state index in [4.69, 9.17) is 21.8 Å². The Morgan fingerprint density at radius 3 is 2.29 bits per heavy atom. The molecule has 74 valence electrons. The third-order valence-corrected chi connectivity index (χ3v) is 2.01. The predicted molar refractivity (Wildman–Crippen MR) is 49.9 cm³/mol. The zero-order valence-corrected chi connectivity index (χ0v) is 7.78. The number of hydrogen-bond donors (Lipinski definition) is 2. The van der Waals surface area contributed by atoms with Crippen LogP contribution in [0.3, 0.4) is 0 Å². The first-order valence-corrected chi connectivity index (χ1v) is 4.25. The molecule has 0 aliphatic carbocycles. The van der Waals surface area contributed by atoms with Crippen molar-refractivity contribution in [1.29, 1.82) is 0 Å². The molecular formula is C9H7ClO4. The van der Waals surface area contributed by atoms with E-state index in [2.05, 4.69) is 0 Å². The molecule has 0 fully saturated rings. The van der Waals surface area contributed by atoms with Crippen LogP contribution in [-0.2, 0) is 5.88 Å². The molecule has 4 nitrogen and oxygen atoms in total. The van der Waals surface area contributed by atoms with Crippen LogP contribution in [0.4, 0.5) is 0 Å². The average Bonchev–Trinajstić information content (AvgIpc) is 2.16. The zero-order valence-electron chi connectivity index (χ0n) is 7.03. The van der Waals surface area contributed by atoms with E-state index < -0.39 is 11.9 Å². The van der Waals surface area contributed by atoms with Crippen LogP contribution < -0.4 is 0 Å². The van der Waals surface area contributed by atoms with Gasteiger partial charge in [-0.25, -0.2) is 9.59 Å². The van der Waals surface area contributed by atoms with E-state index in [1.54, 1.807) is 0 Å². The summed E-state index contributed by atoms with van der Waals surface area (Å²) in [6, 6.07) is 3.74. The topological polar surface area (TPSA) is 74.6 Å².